The maximum absolute atomic E-state index is 11.6. The fourth-order valence-electron chi connectivity index (χ4n) is 4.23. The van der Waals surface area contributed by atoms with E-state index in [0.717, 1.165) is 48.6 Å². The second-order valence-corrected chi connectivity index (χ2v) is 10.2. The summed E-state index contributed by atoms with van der Waals surface area (Å²) in [6.07, 6.45) is 8.31. The zero-order valence-corrected chi connectivity index (χ0v) is 20.6. The van der Waals surface area contributed by atoms with Crippen molar-refractivity contribution in [2.24, 2.45) is 20.7 Å². The summed E-state index contributed by atoms with van der Waals surface area (Å²) in [5, 5.41) is 33.2. The summed E-state index contributed by atoms with van der Waals surface area (Å²) < 4.78 is 0. The molecule has 8 nitrogen and oxygen atoms in total. The van der Waals surface area contributed by atoms with Crippen molar-refractivity contribution in [2.45, 2.75) is 74.5 Å². The Morgan fingerprint density at radius 2 is 1.37 bits per heavy atom. The minimum atomic E-state index is -1.43. The van der Waals surface area contributed by atoms with Gasteiger partial charge in [-0.3, -0.25) is 9.59 Å². The zero-order valence-electron chi connectivity index (χ0n) is 19.8. The van der Waals surface area contributed by atoms with Crippen LogP contribution < -0.4 is 0 Å². The smallest absolute Gasteiger partial charge is 0.308 e. The second kappa shape index (κ2) is 13.7. The third kappa shape index (κ3) is 8.90. The normalized spacial score (nSPS) is 14.7. The first-order valence-corrected chi connectivity index (χ1v) is 12.9. The molecule has 186 valence electrons. The molecular weight excluding hydrogens is 464 g/mol. The van der Waals surface area contributed by atoms with Crippen LogP contribution in [0.5, 0.6) is 0 Å². The van der Waals surface area contributed by atoms with Gasteiger partial charge in [0.05, 0.1) is 6.42 Å². The van der Waals surface area contributed by atoms with Crippen molar-refractivity contribution in [1.29, 1.82) is 0 Å². The topological polar surface area (TPSA) is 124 Å². The molecule has 2 N–H and O–H groups in total. The highest BCUT2D eigenvalue weighted by Gasteiger charge is 2.41. The van der Waals surface area contributed by atoms with E-state index in [-0.39, 0.29) is 6.42 Å². The summed E-state index contributed by atoms with van der Waals surface area (Å²) in [4.78, 5) is 21.6. The first-order valence-electron chi connectivity index (χ1n) is 12.0. The van der Waals surface area contributed by atoms with Crippen molar-refractivity contribution in [3.05, 3.63) is 71.3 Å². The van der Waals surface area contributed by atoms with Crippen molar-refractivity contribution in [3.63, 3.8) is 0 Å². The number of nitrogens with zero attached hydrogens (tertiary/aromatic N) is 4. The molecule has 35 heavy (non-hydrogen) atoms. The fraction of sp³-hybridized carbons (Fsp3) is 0.462. The van der Waals surface area contributed by atoms with Gasteiger partial charge in [0.1, 0.15) is 6.42 Å². The Morgan fingerprint density at radius 3 is 2.03 bits per heavy atom. The SMILES string of the molecule is O=C(O)CC(SC1(CC(=O)O)N=NN=N1)c1ccccc1CCCCCCCCc1ccccc1. The van der Waals surface area contributed by atoms with Crippen LogP contribution in [0.4, 0.5) is 0 Å². The molecule has 0 amide bonds. The summed E-state index contributed by atoms with van der Waals surface area (Å²) >= 11 is 1.09. The van der Waals surface area contributed by atoms with Gasteiger partial charge in [0.15, 0.2) is 0 Å². The number of hydrogen-bond donors (Lipinski definition) is 2. The van der Waals surface area contributed by atoms with Gasteiger partial charge in [-0.1, -0.05) is 92.0 Å². The Bertz CT molecular complexity index is 1020. The summed E-state index contributed by atoms with van der Waals surface area (Å²) in [6.45, 7) is 0. The maximum atomic E-state index is 11.6. The molecule has 0 aliphatic carbocycles. The molecule has 1 aliphatic rings. The fourth-order valence-corrected chi connectivity index (χ4v) is 5.64. The number of thioether (sulfide) groups is 1. The molecule has 2 aromatic carbocycles. The van der Waals surface area contributed by atoms with Gasteiger partial charge in [-0.05, 0) is 52.8 Å². The maximum Gasteiger partial charge on any atom is 0.308 e. The lowest BCUT2D eigenvalue weighted by molar-refractivity contribution is -0.138. The molecule has 2 aromatic rings. The molecule has 3 rings (SSSR count). The number of carbonyl (C=O) groups is 2. The summed E-state index contributed by atoms with van der Waals surface area (Å²) in [5.74, 6) is -2.06. The standard InChI is InChI=1S/C26H32N4O4S/c31-24(32)18-23(35-26(19-25(33)34)27-29-30-28-26)22-17-11-10-16-21(22)15-9-4-2-1-3-6-12-20-13-7-5-8-14-20/h5,7-8,10-11,13-14,16-17,23H,1-4,6,9,12,15,18-19H2,(H,31,32)(H,33,34). The van der Waals surface area contributed by atoms with Crippen LogP contribution in [0.2, 0.25) is 0 Å². The van der Waals surface area contributed by atoms with E-state index in [0.29, 0.717) is 0 Å². The molecule has 1 unspecified atom stereocenters. The Hall–Kier alpha value is -3.07. The van der Waals surface area contributed by atoms with Gasteiger partial charge < -0.3 is 10.2 Å². The average molecular weight is 497 g/mol. The van der Waals surface area contributed by atoms with E-state index in [9.17, 15) is 19.8 Å². The quantitative estimate of drug-likeness (QED) is 0.242. The van der Waals surface area contributed by atoms with Crippen LogP contribution >= 0.6 is 11.8 Å². The van der Waals surface area contributed by atoms with Gasteiger partial charge >= 0.3 is 11.9 Å². The molecule has 0 radical (unpaired) electrons. The highest BCUT2D eigenvalue weighted by Crippen LogP contribution is 2.47. The molecule has 1 heterocycles. The van der Waals surface area contributed by atoms with Gasteiger partial charge in [-0.15, -0.1) is 10.2 Å². The number of aliphatic carboxylic acids is 2. The van der Waals surface area contributed by atoms with Crippen molar-refractivity contribution in [2.75, 3.05) is 0 Å². The first-order chi connectivity index (χ1) is 17.0. The van der Waals surface area contributed by atoms with Gasteiger partial charge in [-0.25, -0.2) is 0 Å². The van der Waals surface area contributed by atoms with E-state index in [1.165, 1.54) is 31.2 Å². The Labute approximate surface area is 209 Å². The van der Waals surface area contributed by atoms with Gasteiger partial charge in [-0.2, -0.15) is 0 Å². The predicted octanol–water partition coefficient (Wildman–Crippen LogP) is 7.02. The second-order valence-electron chi connectivity index (χ2n) is 8.70. The molecule has 0 fully saturated rings. The molecule has 0 saturated carbocycles. The van der Waals surface area contributed by atoms with Gasteiger partial charge in [0.25, 0.3) is 4.99 Å². The minimum Gasteiger partial charge on any atom is -0.481 e. The summed E-state index contributed by atoms with van der Waals surface area (Å²) in [7, 11) is 0. The third-order valence-electron chi connectivity index (χ3n) is 5.92. The average Bonchev–Trinajstić information content (AvgIpc) is 3.28. The minimum absolute atomic E-state index is 0.171. The van der Waals surface area contributed by atoms with E-state index < -0.39 is 28.6 Å². The molecule has 0 bridgehead atoms. The van der Waals surface area contributed by atoms with E-state index in [2.05, 4.69) is 44.9 Å². The zero-order chi connectivity index (χ0) is 24.9. The number of hydrogen-bond acceptors (Lipinski definition) is 7. The van der Waals surface area contributed by atoms with E-state index >= 15 is 0 Å². The molecule has 0 aromatic heterocycles. The molecular formula is C26H32N4O4S. The lowest BCUT2D eigenvalue weighted by atomic mass is 9.97. The first kappa shape index (κ1) is 26.5. The molecule has 1 atom stereocenters. The lowest BCUT2D eigenvalue weighted by Gasteiger charge is -2.25. The highest BCUT2D eigenvalue weighted by atomic mass is 32.2. The summed E-state index contributed by atoms with van der Waals surface area (Å²) in [5.41, 5.74) is 3.35. The van der Waals surface area contributed by atoms with Crippen LogP contribution in [0.25, 0.3) is 0 Å². The van der Waals surface area contributed by atoms with Crippen LogP contribution in [0.15, 0.2) is 75.3 Å². The molecule has 0 saturated heterocycles. The Kier molecular flexibility index (Phi) is 10.4. The number of carboxylic acid groups (broad SMARTS) is 2. The lowest BCUT2D eigenvalue weighted by Crippen LogP contribution is -2.24. The number of benzene rings is 2. The van der Waals surface area contributed by atoms with Gasteiger partial charge in [0, 0.05) is 5.25 Å². The molecule has 0 spiro atoms. The van der Waals surface area contributed by atoms with Crippen LogP contribution in [0.1, 0.15) is 73.3 Å². The Balaban J connectivity index is 1.52. The number of aryl methyl sites for hydroxylation is 2. The number of unbranched alkanes of at least 4 members (excludes halogenated alkanes) is 5. The van der Waals surface area contributed by atoms with Crippen molar-refractivity contribution in [3.8, 4) is 0 Å². The van der Waals surface area contributed by atoms with E-state index in [1.807, 2.05) is 30.3 Å². The highest BCUT2D eigenvalue weighted by molar-refractivity contribution is 8.00. The number of rotatable bonds is 16. The van der Waals surface area contributed by atoms with E-state index in [4.69, 9.17) is 0 Å². The van der Waals surface area contributed by atoms with E-state index in [1.54, 1.807) is 0 Å². The Morgan fingerprint density at radius 1 is 0.771 bits per heavy atom. The van der Waals surface area contributed by atoms with Crippen molar-refractivity contribution in [1.82, 2.24) is 0 Å². The third-order valence-corrected chi connectivity index (χ3v) is 7.31. The van der Waals surface area contributed by atoms with Crippen LogP contribution in [0.3, 0.4) is 0 Å². The van der Waals surface area contributed by atoms with Crippen LogP contribution in [-0.2, 0) is 22.4 Å². The number of carboxylic acids is 2. The van der Waals surface area contributed by atoms with Gasteiger partial charge in [0.2, 0.25) is 0 Å². The monoisotopic (exact) mass is 496 g/mol. The molecule has 1 aliphatic heterocycles. The van der Waals surface area contributed by atoms with Crippen LogP contribution in [0, 0.1) is 0 Å². The van der Waals surface area contributed by atoms with Crippen LogP contribution in [-0.4, -0.2) is 27.1 Å². The largest absolute Gasteiger partial charge is 0.481 e. The van der Waals surface area contributed by atoms with Crippen molar-refractivity contribution < 1.29 is 19.8 Å². The molecule has 9 heteroatoms. The summed E-state index contributed by atoms with van der Waals surface area (Å²) in [6, 6.07) is 18.3. The van der Waals surface area contributed by atoms with Crippen molar-refractivity contribution >= 4 is 23.7 Å². The predicted molar refractivity (Wildman–Crippen MR) is 135 cm³/mol.